The number of nitrogens with one attached hydrogen (secondary N) is 2. The lowest BCUT2D eigenvalue weighted by molar-refractivity contribution is 0.0696. The Hall–Kier alpha value is -4.95. The van der Waals surface area contributed by atoms with Crippen molar-refractivity contribution in [2.45, 2.75) is 64.5 Å². The van der Waals surface area contributed by atoms with Crippen LogP contribution in [-0.4, -0.2) is 32.4 Å². The summed E-state index contributed by atoms with van der Waals surface area (Å²) in [4.78, 5) is 46.7. The molecule has 0 fully saturated rings. The second kappa shape index (κ2) is 15.8. The highest BCUT2D eigenvalue weighted by Gasteiger charge is 2.45. The maximum absolute atomic E-state index is 14.8. The average Bonchev–Trinajstić information content (AvgIpc) is 3.10. The molecule has 2 atom stereocenters. The Labute approximate surface area is 285 Å². The van der Waals surface area contributed by atoms with E-state index in [2.05, 4.69) is 24.1 Å². The number of hydrogen-bond acceptors (Lipinski definition) is 6. The fraction of sp³-hybridized carbons (Fsp3) is 0.282. The first-order valence-corrected chi connectivity index (χ1v) is 16.7. The molecule has 0 radical (unpaired) electrons. The number of aromatic nitrogens is 2. The van der Waals surface area contributed by atoms with Crippen LogP contribution in [0.1, 0.15) is 77.8 Å². The summed E-state index contributed by atoms with van der Waals surface area (Å²) in [5, 5.41) is 13.7. The third-order valence-electron chi connectivity index (χ3n) is 8.74. The molecule has 0 aliphatic carbocycles. The molecule has 0 saturated carbocycles. The number of carboxylic acids is 1. The second-order valence-corrected chi connectivity index (χ2v) is 12.5. The van der Waals surface area contributed by atoms with E-state index in [1.54, 1.807) is 66.7 Å². The van der Waals surface area contributed by atoms with Crippen molar-refractivity contribution in [1.29, 1.82) is 0 Å². The number of H-pyrrole nitrogens is 1. The van der Waals surface area contributed by atoms with Crippen LogP contribution in [0.2, 0.25) is 5.02 Å². The Morgan fingerprint density at radius 2 is 1.56 bits per heavy atom. The minimum Gasteiger partial charge on any atom is -0.489 e. The number of para-hydroxylation sites is 1. The van der Waals surface area contributed by atoms with Gasteiger partial charge in [-0.2, -0.15) is 0 Å². The third-order valence-corrected chi connectivity index (χ3v) is 8.99. The van der Waals surface area contributed by atoms with E-state index < -0.39 is 11.5 Å². The molecule has 0 aliphatic rings. The zero-order chi connectivity index (χ0) is 34.1. The third kappa shape index (κ3) is 8.12. The van der Waals surface area contributed by atoms with Crippen LogP contribution >= 0.6 is 11.6 Å². The highest BCUT2D eigenvalue weighted by Crippen LogP contribution is 2.37. The first-order valence-electron chi connectivity index (χ1n) is 16.3. The van der Waals surface area contributed by atoms with Crippen LogP contribution in [0, 0.1) is 5.92 Å². The molecule has 1 heterocycles. The van der Waals surface area contributed by atoms with Crippen LogP contribution in [0.4, 0.5) is 5.95 Å². The number of ketones is 1. The number of rotatable bonds is 16. The van der Waals surface area contributed by atoms with Crippen LogP contribution < -0.4 is 15.6 Å². The topological polar surface area (TPSA) is 121 Å². The van der Waals surface area contributed by atoms with Gasteiger partial charge in [0.15, 0.2) is 5.78 Å². The first-order chi connectivity index (χ1) is 23.2. The maximum Gasteiger partial charge on any atom is 0.335 e. The first kappa shape index (κ1) is 34.4. The minimum absolute atomic E-state index is 0.0734. The molecular formula is C39H40ClN3O5. The number of carbonyl (C=O) groups is 2. The number of carboxylic acid groups (broad SMARTS) is 1. The Kier molecular flexibility index (Phi) is 11.3. The summed E-state index contributed by atoms with van der Waals surface area (Å²) >= 11 is 6.22. The Bertz CT molecular complexity index is 1910. The molecule has 5 aromatic rings. The molecule has 2 unspecified atom stereocenters. The zero-order valence-electron chi connectivity index (χ0n) is 27.2. The molecule has 1 aromatic heterocycles. The van der Waals surface area contributed by atoms with Crippen molar-refractivity contribution in [1.82, 2.24) is 9.97 Å². The number of aromatic amines is 1. The van der Waals surface area contributed by atoms with Crippen molar-refractivity contribution in [2.75, 3.05) is 5.32 Å². The van der Waals surface area contributed by atoms with E-state index in [-0.39, 0.29) is 28.8 Å². The predicted molar refractivity (Wildman–Crippen MR) is 190 cm³/mol. The van der Waals surface area contributed by atoms with Crippen molar-refractivity contribution >= 4 is 40.2 Å². The highest BCUT2D eigenvalue weighted by atomic mass is 35.5. The molecule has 0 aliphatic heterocycles. The van der Waals surface area contributed by atoms with Gasteiger partial charge in [0.25, 0.3) is 5.56 Å². The quantitative estimate of drug-likeness (QED) is 0.0901. The van der Waals surface area contributed by atoms with E-state index in [9.17, 15) is 14.4 Å². The summed E-state index contributed by atoms with van der Waals surface area (Å²) < 4.78 is 5.98. The molecule has 248 valence electrons. The van der Waals surface area contributed by atoms with Crippen molar-refractivity contribution in [3.63, 3.8) is 0 Å². The molecule has 0 spiro atoms. The number of benzene rings is 4. The monoisotopic (exact) mass is 665 g/mol. The number of fused-ring (bicyclic) bond motifs is 1. The molecule has 0 amide bonds. The largest absolute Gasteiger partial charge is 0.489 e. The normalized spacial score (nSPS) is 13.1. The average molecular weight is 666 g/mol. The number of aromatic carboxylic acids is 1. The van der Waals surface area contributed by atoms with Gasteiger partial charge in [0.05, 0.1) is 16.5 Å². The standard InChI is InChI=1S/C39H40ClN3O5/c1-3-5-23-39(35(44)28-17-19-31(40)20-18-28,43-38-41-34-10-7-6-9-33(34)36(45)42-38)30(8-4-2)24-26-13-21-32(22-14-26)48-25-27-11-15-29(16-12-27)37(46)47/h6-7,9-22,30H,3-5,8,23-25H2,1-2H3,(H,46,47)(H2,41,42,43,45). The van der Waals surface area contributed by atoms with Gasteiger partial charge in [-0.05, 0) is 97.0 Å². The summed E-state index contributed by atoms with van der Waals surface area (Å²) in [6, 6.07) is 28.6. The van der Waals surface area contributed by atoms with E-state index >= 15 is 0 Å². The van der Waals surface area contributed by atoms with E-state index in [4.69, 9.17) is 26.4 Å². The number of unbranched alkanes of at least 4 members (excludes halogenated alkanes) is 1. The predicted octanol–water partition coefficient (Wildman–Crippen LogP) is 8.74. The zero-order valence-corrected chi connectivity index (χ0v) is 27.9. The van der Waals surface area contributed by atoms with Crippen molar-refractivity contribution in [3.8, 4) is 5.75 Å². The lowest BCUT2D eigenvalue weighted by Crippen LogP contribution is -2.54. The summed E-state index contributed by atoms with van der Waals surface area (Å²) in [7, 11) is 0. The van der Waals surface area contributed by atoms with Gasteiger partial charge >= 0.3 is 5.97 Å². The number of nitrogens with zero attached hydrogens (tertiary/aromatic N) is 1. The van der Waals surface area contributed by atoms with E-state index in [0.29, 0.717) is 46.7 Å². The molecule has 4 aromatic carbocycles. The van der Waals surface area contributed by atoms with Gasteiger partial charge < -0.3 is 15.2 Å². The summed E-state index contributed by atoms with van der Waals surface area (Å²) in [5.74, 6) is -0.258. The number of hydrogen-bond donors (Lipinski definition) is 3. The Balaban J connectivity index is 1.48. The molecule has 0 bridgehead atoms. The second-order valence-electron chi connectivity index (χ2n) is 12.1. The SMILES string of the molecule is CCCCC(Nc1nc2ccccc2c(=O)[nH]1)(C(=O)c1ccc(Cl)cc1)C(CCC)Cc1ccc(OCc2ccc(C(=O)O)cc2)cc1. The van der Waals surface area contributed by atoms with Crippen molar-refractivity contribution in [2.24, 2.45) is 5.92 Å². The summed E-state index contributed by atoms with van der Waals surface area (Å²) in [5.41, 5.74) is 1.85. The Morgan fingerprint density at radius 3 is 2.23 bits per heavy atom. The van der Waals surface area contributed by atoms with Crippen LogP contribution in [0.15, 0.2) is 102 Å². The smallest absolute Gasteiger partial charge is 0.335 e. The molecular weight excluding hydrogens is 626 g/mol. The molecule has 48 heavy (non-hydrogen) atoms. The lowest BCUT2D eigenvalue weighted by Gasteiger charge is -2.41. The van der Waals surface area contributed by atoms with Crippen LogP contribution in [0.5, 0.6) is 5.75 Å². The van der Waals surface area contributed by atoms with Gasteiger partial charge in [-0.3, -0.25) is 14.6 Å². The van der Waals surface area contributed by atoms with E-state index in [0.717, 1.165) is 36.8 Å². The molecule has 9 heteroatoms. The van der Waals surface area contributed by atoms with Gasteiger partial charge in [0.1, 0.15) is 17.9 Å². The van der Waals surface area contributed by atoms with Gasteiger partial charge in [0, 0.05) is 10.6 Å². The van der Waals surface area contributed by atoms with Gasteiger partial charge in [0.2, 0.25) is 5.95 Å². The van der Waals surface area contributed by atoms with Crippen LogP contribution in [-0.2, 0) is 13.0 Å². The molecule has 5 rings (SSSR count). The van der Waals surface area contributed by atoms with Gasteiger partial charge in [-0.1, -0.05) is 81.1 Å². The number of carbonyl (C=O) groups excluding carboxylic acids is 1. The van der Waals surface area contributed by atoms with E-state index in [1.807, 2.05) is 30.3 Å². The van der Waals surface area contributed by atoms with Crippen LogP contribution in [0.3, 0.4) is 0 Å². The minimum atomic E-state index is -1.09. The fourth-order valence-electron chi connectivity index (χ4n) is 6.18. The molecule has 3 N–H and O–H groups in total. The number of ether oxygens (including phenoxy) is 1. The lowest BCUT2D eigenvalue weighted by atomic mass is 9.70. The van der Waals surface area contributed by atoms with Crippen molar-refractivity contribution in [3.05, 3.63) is 135 Å². The van der Waals surface area contributed by atoms with Gasteiger partial charge in [-0.25, -0.2) is 9.78 Å². The van der Waals surface area contributed by atoms with Gasteiger partial charge in [-0.15, -0.1) is 0 Å². The molecule has 8 nitrogen and oxygen atoms in total. The number of anilines is 1. The number of halogens is 1. The summed E-state index contributed by atoms with van der Waals surface area (Å²) in [6.45, 7) is 4.51. The van der Waals surface area contributed by atoms with E-state index in [1.165, 1.54) is 0 Å². The Morgan fingerprint density at radius 1 is 0.896 bits per heavy atom. The highest BCUT2D eigenvalue weighted by molar-refractivity contribution is 6.30. The maximum atomic E-state index is 14.8. The molecule has 0 saturated heterocycles. The summed E-state index contributed by atoms with van der Waals surface area (Å²) in [6.07, 6.45) is 4.39. The van der Waals surface area contributed by atoms with Crippen LogP contribution in [0.25, 0.3) is 10.9 Å². The fourth-order valence-corrected chi connectivity index (χ4v) is 6.31. The van der Waals surface area contributed by atoms with Crippen molar-refractivity contribution < 1.29 is 19.4 Å². The number of Topliss-reactive ketones (excluding diaryl/α,β-unsaturated/α-hetero) is 1.